The lowest BCUT2D eigenvalue weighted by molar-refractivity contribution is -0.118. The average Bonchev–Trinajstić information content (AvgIpc) is 3.34. The zero-order chi connectivity index (χ0) is 23.2. The highest BCUT2D eigenvalue weighted by molar-refractivity contribution is 7.89. The number of hydrogen-bond donors (Lipinski definition) is 3. The molecule has 5 N–H and O–H groups in total. The minimum Gasteiger partial charge on any atom is -0.399 e. The fraction of sp³-hybridized carbons (Fsp3) is 0.348. The van der Waals surface area contributed by atoms with Crippen LogP contribution in [0.5, 0.6) is 0 Å². The summed E-state index contributed by atoms with van der Waals surface area (Å²) in [6, 6.07) is 9.81. The first-order chi connectivity index (χ1) is 15.1. The topological polar surface area (TPSA) is 123 Å². The molecule has 0 aliphatic carbocycles. The second-order valence-corrected chi connectivity index (χ2v) is 10.5. The van der Waals surface area contributed by atoms with Crippen LogP contribution in [0.4, 0.5) is 11.4 Å². The number of aryl methyl sites for hydroxylation is 2. The number of benzene rings is 2. The first-order valence-corrected chi connectivity index (χ1v) is 12.1. The number of anilines is 2. The van der Waals surface area contributed by atoms with Crippen molar-refractivity contribution in [1.82, 2.24) is 8.87 Å². The predicted molar refractivity (Wildman–Crippen MR) is 127 cm³/mol. The Kier molecular flexibility index (Phi) is 5.74. The molecule has 4 rings (SSSR count). The molecule has 8 nitrogen and oxygen atoms in total. The molecule has 3 aromatic rings. The maximum Gasteiger partial charge on any atom is 0.247 e. The lowest BCUT2D eigenvalue weighted by Gasteiger charge is -2.18. The van der Waals surface area contributed by atoms with Gasteiger partial charge in [0.1, 0.15) is 6.04 Å². The predicted octanol–water partition coefficient (Wildman–Crippen LogP) is 2.76. The number of amides is 1. The third-order valence-electron chi connectivity index (χ3n) is 6.15. The zero-order valence-electron chi connectivity index (χ0n) is 18.5. The molecule has 32 heavy (non-hydrogen) atoms. The van der Waals surface area contributed by atoms with E-state index in [9.17, 15) is 13.2 Å². The Labute approximate surface area is 188 Å². The largest absolute Gasteiger partial charge is 0.399 e. The van der Waals surface area contributed by atoms with Crippen LogP contribution in [0.1, 0.15) is 30.5 Å². The molecule has 0 bridgehead atoms. The van der Waals surface area contributed by atoms with Gasteiger partial charge in [0.05, 0.1) is 4.90 Å². The van der Waals surface area contributed by atoms with Gasteiger partial charge in [-0.25, -0.2) is 8.42 Å². The van der Waals surface area contributed by atoms with E-state index >= 15 is 0 Å². The normalized spacial score (nSPS) is 18.2. The lowest BCUT2D eigenvalue weighted by atomic mass is 10.1. The van der Waals surface area contributed by atoms with E-state index in [4.69, 9.17) is 11.5 Å². The first-order valence-electron chi connectivity index (χ1n) is 10.6. The third kappa shape index (κ3) is 3.99. The molecule has 1 fully saturated rings. The number of fused-ring (bicyclic) bond motifs is 1. The molecule has 170 valence electrons. The Morgan fingerprint density at radius 3 is 2.59 bits per heavy atom. The van der Waals surface area contributed by atoms with E-state index in [1.807, 2.05) is 37.6 Å². The molecule has 1 unspecified atom stereocenters. The van der Waals surface area contributed by atoms with Gasteiger partial charge >= 0.3 is 0 Å². The van der Waals surface area contributed by atoms with E-state index in [0.717, 1.165) is 22.0 Å². The number of carbonyl (C=O) groups is 1. The van der Waals surface area contributed by atoms with Crippen LogP contribution < -0.4 is 16.8 Å². The number of hydrogen-bond acceptors (Lipinski definition) is 5. The Morgan fingerprint density at radius 2 is 1.91 bits per heavy atom. The summed E-state index contributed by atoms with van der Waals surface area (Å²) in [4.78, 5) is 13.2. The van der Waals surface area contributed by atoms with E-state index < -0.39 is 16.1 Å². The van der Waals surface area contributed by atoms with Crippen LogP contribution in [0.25, 0.3) is 10.9 Å². The van der Waals surface area contributed by atoms with Gasteiger partial charge < -0.3 is 21.4 Å². The molecular formula is C23H29N5O3S. The molecule has 1 saturated heterocycles. The maximum atomic E-state index is 13.0. The van der Waals surface area contributed by atoms with Crippen LogP contribution in [0, 0.1) is 13.8 Å². The summed E-state index contributed by atoms with van der Waals surface area (Å²) in [7, 11) is -3.60. The quantitative estimate of drug-likeness (QED) is 0.511. The Bertz CT molecular complexity index is 1300. The number of nitrogens with one attached hydrogen (secondary N) is 1. The molecule has 0 saturated carbocycles. The van der Waals surface area contributed by atoms with E-state index in [0.29, 0.717) is 30.9 Å². The molecule has 9 heteroatoms. The number of rotatable bonds is 5. The molecule has 2 atom stereocenters. The highest BCUT2D eigenvalue weighted by Crippen LogP contribution is 2.30. The van der Waals surface area contributed by atoms with Crippen LogP contribution in [0.2, 0.25) is 0 Å². The highest BCUT2D eigenvalue weighted by Gasteiger charge is 2.31. The van der Waals surface area contributed by atoms with Crippen LogP contribution in [-0.4, -0.2) is 42.3 Å². The van der Waals surface area contributed by atoms with Crippen molar-refractivity contribution in [3.05, 3.63) is 53.7 Å². The summed E-state index contributed by atoms with van der Waals surface area (Å²) in [5.74, 6) is -0.182. The second kappa shape index (κ2) is 8.23. The van der Waals surface area contributed by atoms with Crippen molar-refractivity contribution < 1.29 is 13.2 Å². The fourth-order valence-electron chi connectivity index (χ4n) is 4.14. The van der Waals surface area contributed by atoms with Crippen molar-refractivity contribution in [2.75, 3.05) is 24.1 Å². The molecule has 2 aromatic carbocycles. The van der Waals surface area contributed by atoms with Gasteiger partial charge in [0.25, 0.3) is 0 Å². The maximum absolute atomic E-state index is 13.0. The number of nitrogens with zero attached hydrogens (tertiary/aromatic N) is 2. The standard InChI is InChI=1S/C23H29N5O3S/c1-14-4-5-17(24)10-21(14)26-23(29)16(3)28-12-15(2)20-11-19(6-7-22(20)28)32(30,31)27-9-8-18(25)13-27/h4-7,10-12,16,18H,8-9,13,24-25H2,1-3H3,(H,26,29)/t16?,18-/m1/s1. The van der Waals surface area contributed by atoms with Crippen molar-refractivity contribution in [3.8, 4) is 0 Å². The van der Waals surface area contributed by atoms with Crippen molar-refractivity contribution in [1.29, 1.82) is 0 Å². The van der Waals surface area contributed by atoms with Crippen molar-refractivity contribution in [3.63, 3.8) is 0 Å². The third-order valence-corrected chi connectivity index (χ3v) is 8.01. The Morgan fingerprint density at radius 1 is 1.16 bits per heavy atom. The van der Waals surface area contributed by atoms with E-state index in [2.05, 4.69) is 5.32 Å². The molecule has 1 amide bonds. The number of sulfonamides is 1. The molecule has 1 aliphatic heterocycles. The summed E-state index contributed by atoms with van der Waals surface area (Å²) in [6.45, 7) is 6.40. The first kappa shape index (κ1) is 22.3. The molecule has 0 spiro atoms. The van der Waals surface area contributed by atoms with E-state index in [-0.39, 0.29) is 16.8 Å². The second-order valence-electron chi connectivity index (χ2n) is 8.55. The van der Waals surface area contributed by atoms with Crippen LogP contribution in [0.15, 0.2) is 47.5 Å². The summed E-state index contributed by atoms with van der Waals surface area (Å²) < 4.78 is 29.4. The van der Waals surface area contributed by atoms with Crippen LogP contribution in [-0.2, 0) is 14.8 Å². The van der Waals surface area contributed by atoms with Gasteiger partial charge in [-0.3, -0.25) is 4.79 Å². The van der Waals surface area contributed by atoms with Gasteiger partial charge in [-0.1, -0.05) is 6.07 Å². The zero-order valence-corrected chi connectivity index (χ0v) is 19.3. The smallest absolute Gasteiger partial charge is 0.247 e. The lowest BCUT2D eigenvalue weighted by Crippen LogP contribution is -2.31. The summed E-state index contributed by atoms with van der Waals surface area (Å²) in [6.07, 6.45) is 2.54. The van der Waals surface area contributed by atoms with Gasteiger partial charge in [0.15, 0.2) is 0 Å². The van der Waals surface area contributed by atoms with Gasteiger partial charge in [-0.15, -0.1) is 0 Å². The Hall–Kier alpha value is -2.88. The fourth-order valence-corrected chi connectivity index (χ4v) is 5.68. The van der Waals surface area contributed by atoms with Gasteiger partial charge in [0.2, 0.25) is 15.9 Å². The van der Waals surface area contributed by atoms with Gasteiger partial charge in [-0.2, -0.15) is 4.31 Å². The van der Waals surface area contributed by atoms with Gasteiger partial charge in [-0.05, 0) is 68.7 Å². The molecule has 0 radical (unpaired) electrons. The summed E-state index contributed by atoms with van der Waals surface area (Å²) in [5, 5.41) is 3.75. The Balaban J connectivity index is 1.64. The van der Waals surface area contributed by atoms with E-state index in [1.165, 1.54) is 4.31 Å². The highest BCUT2D eigenvalue weighted by atomic mass is 32.2. The average molecular weight is 456 g/mol. The minimum absolute atomic E-state index is 0.126. The molecule has 1 aliphatic rings. The van der Waals surface area contributed by atoms with Crippen LogP contribution >= 0.6 is 0 Å². The number of aromatic nitrogens is 1. The number of nitrogen functional groups attached to an aromatic ring is 1. The number of nitrogens with two attached hydrogens (primary N) is 2. The summed E-state index contributed by atoms with van der Waals surface area (Å²) in [5.41, 5.74) is 15.6. The molecule has 1 aromatic heterocycles. The van der Waals surface area contributed by atoms with Crippen molar-refractivity contribution >= 4 is 38.2 Å². The SMILES string of the molecule is Cc1ccc(N)cc1NC(=O)C(C)n1cc(C)c2cc(S(=O)(=O)N3CC[C@@H](N)C3)ccc21. The molecule has 2 heterocycles. The van der Waals surface area contributed by atoms with Gasteiger partial charge in [0, 0.05) is 47.6 Å². The van der Waals surface area contributed by atoms with E-state index in [1.54, 1.807) is 30.3 Å². The number of carbonyl (C=O) groups excluding carboxylic acids is 1. The minimum atomic E-state index is -3.60. The van der Waals surface area contributed by atoms with Crippen LogP contribution in [0.3, 0.4) is 0 Å². The van der Waals surface area contributed by atoms with Crippen molar-refractivity contribution in [2.24, 2.45) is 5.73 Å². The summed E-state index contributed by atoms with van der Waals surface area (Å²) >= 11 is 0. The molecular weight excluding hydrogens is 426 g/mol. The monoisotopic (exact) mass is 455 g/mol. The van der Waals surface area contributed by atoms with Crippen molar-refractivity contribution in [2.45, 2.75) is 44.2 Å².